The number of likely N-dealkylation sites (tertiary alicyclic amines) is 2. The van der Waals surface area contributed by atoms with Crippen molar-refractivity contribution in [2.45, 2.75) is 18.9 Å². The lowest BCUT2D eigenvalue weighted by atomic mass is 9.95. The smallest absolute Gasteiger partial charge is 0.295 e. The van der Waals surface area contributed by atoms with Gasteiger partial charge < -0.3 is 19.6 Å². The molecular weight excluding hydrogens is 416 g/mol. The molecule has 2 saturated heterocycles. The molecule has 1 N–H and O–H groups in total. The number of amides is 1. The molecule has 0 spiro atoms. The molecule has 0 bridgehead atoms. The summed E-state index contributed by atoms with van der Waals surface area (Å²) >= 11 is 5.96. The highest BCUT2D eigenvalue weighted by Crippen LogP contribution is 2.39. The van der Waals surface area contributed by atoms with E-state index in [1.165, 1.54) is 0 Å². The number of ether oxygens (including phenoxy) is 1. The lowest BCUT2D eigenvalue weighted by molar-refractivity contribution is -0.140. The van der Waals surface area contributed by atoms with Crippen molar-refractivity contribution in [2.75, 3.05) is 33.3 Å². The first kappa shape index (κ1) is 21.4. The SMILES string of the molecule is COc1ccc(C2/C(=C(\O)c3ccc(Cl)cc3)C(=O)C(=O)N2CCN2CCCC2)cc1. The molecule has 31 heavy (non-hydrogen) atoms. The summed E-state index contributed by atoms with van der Waals surface area (Å²) in [6.45, 7) is 3.11. The Bertz CT molecular complexity index is 995. The predicted octanol–water partition coefficient (Wildman–Crippen LogP) is 3.87. The molecular formula is C24H25ClN2O4. The molecule has 1 unspecified atom stereocenters. The fraction of sp³-hybridized carbons (Fsp3) is 0.333. The van der Waals surface area contributed by atoms with E-state index in [-0.39, 0.29) is 11.3 Å². The number of aliphatic hydroxyl groups excluding tert-OH is 1. The number of ketones is 1. The Morgan fingerprint density at radius 1 is 1.03 bits per heavy atom. The summed E-state index contributed by atoms with van der Waals surface area (Å²) < 4.78 is 5.24. The number of methoxy groups -OCH3 is 1. The zero-order valence-electron chi connectivity index (χ0n) is 17.4. The lowest BCUT2D eigenvalue weighted by Gasteiger charge is -2.27. The Kier molecular flexibility index (Phi) is 6.30. The normalized spacial score (nSPS) is 21.1. The highest BCUT2D eigenvalue weighted by molar-refractivity contribution is 6.46. The molecule has 0 aliphatic carbocycles. The average Bonchev–Trinajstić information content (AvgIpc) is 3.39. The second-order valence-corrected chi connectivity index (χ2v) is 8.26. The van der Waals surface area contributed by atoms with Gasteiger partial charge in [0.25, 0.3) is 11.7 Å². The molecule has 1 atom stereocenters. The first-order valence-electron chi connectivity index (χ1n) is 10.4. The van der Waals surface area contributed by atoms with Crippen LogP contribution in [-0.4, -0.2) is 59.9 Å². The Labute approximate surface area is 186 Å². The molecule has 2 aromatic rings. The minimum atomic E-state index is -0.672. The maximum Gasteiger partial charge on any atom is 0.295 e. The van der Waals surface area contributed by atoms with E-state index in [2.05, 4.69) is 4.90 Å². The van der Waals surface area contributed by atoms with Crippen molar-refractivity contribution in [2.24, 2.45) is 0 Å². The van der Waals surface area contributed by atoms with E-state index in [0.29, 0.717) is 29.4 Å². The summed E-state index contributed by atoms with van der Waals surface area (Å²) in [5, 5.41) is 11.6. The van der Waals surface area contributed by atoms with E-state index in [4.69, 9.17) is 16.3 Å². The third-order valence-electron chi connectivity index (χ3n) is 5.94. The van der Waals surface area contributed by atoms with Crippen LogP contribution in [0.1, 0.15) is 30.0 Å². The molecule has 2 aliphatic heterocycles. The van der Waals surface area contributed by atoms with E-state index >= 15 is 0 Å². The zero-order valence-corrected chi connectivity index (χ0v) is 18.1. The highest BCUT2D eigenvalue weighted by Gasteiger charge is 2.46. The standard InChI is InChI=1S/C24H25ClN2O4/c1-31-19-10-6-16(7-11-19)21-20(22(28)17-4-8-18(25)9-5-17)23(29)24(30)27(21)15-14-26-12-2-3-13-26/h4-11,21,28H,2-3,12-15H2,1H3/b22-20+. The number of hydrogen-bond acceptors (Lipinski definition) is 5. The molecule has 2 aliphatic rings. The van der Waals surface area contributed by atoms with Crippen molar-refractivity contribution in [3.63, 3.8) is 0 Å². The molecule has 2 heterocycles. The van der Waals surface area contributed by atoms with Crippen LogP contribution in [0.5, 0.6) is 5.75 Å². The molecule has 162 valence electrons. The van der Waals surface area contributed by atoms with Crippen LogP contribution in [0.25, 0.3) is 5.76 Å². The third-order valence-corrected chi connectivity index (χ3v) is 6.20. The van der Waals surface area contributed by atoms with Crippen molar-refractivity contribution in [3.8, 4) is 5.75 Å². The largest absolute Gasteiger partial charge is 0.507 e. The molecule has 2 aromatic carbocycles. The summed E-state index contributed by atoms with van der Waals surface area (Å²) in [6.07, 6.45) is 2.30. The number of carbonyl (C=O) groups excluding carboxylic acids is 2. The number of aliphatic hydroxyl groups is 1. The van der Waals surface area contributed by atoms with Gasteiger partial charge in [0.1, 0.15) is 11.5 Å². The van der Waals surface area contributed by atoms with E-state index in [9.17, 15) is 14.7 Å². The van der Waals surface area contributed by atoms with Crippen molar-refractivity contribution >= 4 is 29.1 Å². The summed E-state index contributed by atoms with van der Waals surface area (Å²) in [5.74, 6) is -0.778. The summed E-state index contributed by atoms with van der Waals surface area (Å²) in [6, 6.07) is 13.1. The van der Waals surface area contributed by atoms with Gasteiger partial charge in [-0.25, -0.2) is 0 Å². The number of hydrogen-bond donors (Lipinski definition) is 1. The maximum atomic E-state index is 13.0. The van der Waals surface area contributed by atoms with E-state index in [1.54, 1.807) is 48.4 Å². The Morgan fingerprint density at radius 3 is 2.29 bits per heavy atom. The fourth-order valence-corrected chi connectivity index (χ4v) is 4.39. The van der Waals surface area contributed by atoms with Gasteiger partial charge in [-0.15, -0.1) is 0 Å². The Morgan fingerprint density at radius 2 is 1.68 bits per heavy atom. The number of carbonyl (C=O) groups is 2. The van der Waals surface area contributed by atoms with Gasteiger partial charge in [0, 0.05) is 23.7 Å². The predicted molar refractivity (Wildman–Crippen MR) is 119 cm³/mol. The van der Waals surface area contributed by atoms with Crippen LogP contribution >= 0.6 is 11.6 Å². The van der Waals surface area contributed by atoms with Gasteiger partial charge in [-0.2, -0.15) is 0 Å². The number of halogens is 1. The van der Waals surface area contributed by atoms with Gasteiger partial charge in [0.15, 0.2) is 0 Å². The van der Waals surface area contributed by atoms with E-state index in [1.807, 2.05) is 12.1 Å². The minimum absolute atomic E-state index is 0.0962. The van der Waals surface area contributed by atoms with Crippen molar-refractivity contribution in [3.05, 3.63) is 70.3 Å². The molecule has 2 fully saturated rings. The van der Waals surface area contributed by atoms with Gasteiger partial charge in [0.2, 0.25) is 0 Å². The summed E-state index contributed by atoms with van der Waals surface area (Å²) in [7, 11) is 1.58. The van der Waals surface area contributed by atoms with Gasteiger partial charge in [-0.3, -0.25) is 9.59 Å². The first-order chi connectivity index (χ1) is 15.0. The molecule has 7 heteroatoms. The third kappa shape index (κ3) is 4.31. The maximum absolute atomic E-state index is 13.0. The van der Waals surface area contributed by atoms with Gasteiger partial charge >= 0.3 is 0 Å². The molecule has 4 rings (SSSR count). The first-order valence-corrected chi connectivity index (χ1v) is 10.8. The summed E-state index contributed by atoms with van der Waals surface area (Å²) in [5.41, 5.74) is 1.29. The van der Waals surface area contributed by atoms with Gasteiger partial charge in [-0.1, -0.05) is 23.7 Å². The van der Waals surface area contributed by atoms with Crippen LogP contribution in [-0.2, 0) is 9.59 Å². The summed E-state index contributed by atoms with van der Waals surface area (Å²) in [4.78, 5) is 29.9. The highest BCUT2D eigenvalue weighted by atomic mass is 35.5. The molecule has 0 aromatic heterocycles. The molecule has 1 amide bonds. The monoisotopic (exact) mass is 440 g/mol. The lowest BCUT2D eigenvalue weighted by Crippen LogP contribution is -2.37. The van der Waals surface area contributed by atoms with Crippen molar-refractivity contribution in [1.82, 2.24) is 9.80 Å². The van der Waals surface area contributed by atoms with Crippen molar-refractivity contribution in [1.29, 1.82) is 0 Å². The van der Waals surface area contributed by atoms with Crippen LogP contribution in [0, 0.1) is 0 Å². The van der Waals surface area contributed by atoms with Crippen LogP contribution in [0.2, 0.25) is 5.02 Å². The fourth-order valence-electron chi connectivity index (χ4n) is 4.26. The number of Topliss-reactive ketones (excluding diaryl/α,β-unsaturated/α-hetero) is 1. The topological polar surface area (TPSA) is 70.1 Å². The van der Waals surface area contributed by atoms with Crippen molar-refractivity contribution < 1.29 is 19.4 Å². The second kappa shape index (κ2) is 9.12. The second-order valence-electron chi connectivity index (χ2n) is 7.82. The van der Waals surface area contributed by atoms with E-state index < -0.39 is 17.7 Å². The quantitative estimate of drug-likeness (QED) is 0.419. The number of rotatable bonds is 6. The van der Waals surface area contributed by atoms with E-state index in [0.717, 1.165) is 31.5 Å². The van der Waals surface area contributed by atoms with Crippen LogP contribution in [0.4, 0.5) is 0 Å². The minimum Gasteiger partial charge on any atom is -0.507 e. The molecule has 0 radical (unpaired) electrons. The van der Waals surface area contributed by atoms with Crippen LogP contribution in [0.3, 0.4) is 0 Å². The van der Waals surface area contributed by atoms with Crippen LogP contribution in [0.15, 0.2) is 54.1 Å². The number of benzene rings is 2. The van der Waals surface area contributed by atoms with Gasteiger partial charge in [0.05, 0.1) is 18.7 Å². The molecule has 6 nitrogen and oxygen atoms in total. The number of nitrogens with zero attached hydrogens (tertiary/aromatic N) is 2. The zero-order chi connectivity index (χ0) is 22.0. The Balaban J connectivity index is 1.75. The Hall–Kier alpha value is -2.83. The molecule has 0 saturated carbocycles. The average molecular weight is 441 g/mol. The van der Waals surface area contributed by atoms with Crippen LogP contribution < -0.4 is 4.74 Å². The van der Waals surface area contributed by atoms with Gasteiger partial charge in [-0.05, 0) is 67.9 Å².